The predicted molar refractivity (Wildman–Crippen MR) is 110 cm³/mol. The van der Waals surface area contributed by atoms with Crippen LogP contribution in [0.25, 0.3) is 16.9 Å². The topological polar surface area (TPSA) is 93.9 Å². The lowest BCUT2D eigenvalue weighted by molar-refractivity contribution is 0.0529. The number of ether oxygens (including phenoxy) is 2. The van der Waals surface area contributed by atoms with Crippen molar-refractivity contribution in [3.05, 3.63) is 42.9 Å². The molecule has 156 valence electrons. The molecule has 2 aliphatic heterocycles. The third kappa shape index (κ3) is 3.80. The average Bonchev–Trinajstić information content (AvgIpc) is 3.53. The Morgan fingerprint density at radius 2 is 2.13 bits per heavy atom. The highest BCUT2D eigenvalue weighted by atomic mass is 16.6. The Kier molecular flexibility index (Phi) is 5.18. The minimum absolute atomic E-state index is 0.0831. The van der Waals surface area contributed by atoms with Crippen LogP contribution in [0.2, 0.25) is 0 Å². The van der Waals surface area contributed by atoms with Gasteiger partial charge in [0.05, 0.1) is 31.1 Å². The Morgan fingerprint density at radius 3 is 2.97 bits per heavy atom. The minimum atomic E-state index is -0.243. The summed E-state index contributed by atoms with van der Waals surface area (Å²) >= 11 is 0. The molecule has 2 fully saturated rings. The van der Waals surface area contributed by atoms with Gasteiger partial charge in [-0.05, 0) is 37.1 Å². The van der Waals surface area contributed by atoms with E-state index in [4.69, 9.17) is 14.6 Å². The summed E-state index contributed by atoms with van der Waals surface area (Å²) in [4.78, 5) is 22.9. The van der Waals surface area contributed by atoms with Crippen molar-refractivity contribution in [1.82, 2.24) is 24.5 Å². The zero-order valence-corrected chi connectivity index (χ0v) is 16.6. The monoisotopic (exact) mass is 408 g/mol. The number of hydrogen-bond donors (Lipinski definition) is 1. The highest BCUT2D eigenvalue weighted by molar-refractivity contribution is 5.69. The van der Waals surface area contributed by atoms with E-state index in [1.165, 1.54) is 0 Å². The minimum Gasteiger partial charge on any atom is -0.444 e. The number of carbonyl (C=O) groups is 1. The molecule has 0 aliphatic carbocycles. The number of imidazole rings is 1. The quantitative estimate of drug-likeness (QED) is 0.693. The number of nitrogens with zero attached hydrogens (tertiary/aromatic N) is 5. The molecular formula is C21H24N6O3. The van der Waals surface area contributed by atoms with Crippen molar-refractivity contribution in [2.75, 3.05) is 31.6 Å². The van der Waals surface area contributed by atoms with Crippen LogP contribution in [0.5, 0.6) is 0 Å². The van der Waals surface area contributed by atoms with Crippen LogP contribution in [-0.4, -0.2) is 69.0 Å². The number of hydrogen-bond acceptors (Lipinski definition) is 7. The van der Waals surface area contributed by atoms with Crippen LogP contribution in [0, 0.1) is 0 Å². The molecule has 2 saturated heterocycles. The average molecular weight is 408 g/mol. The Balaban J connectivity index is 1.27. The van der Waals surface area contributed by atoms with E-state index >= 15 is 0 Å². The number of pyridine rings is 1. The van der Waals surface area contributed by atoms with E-state index in [9.17, 15) is 4.79 Å². The molecule has 5 heterocycles. The summed E-state index contributed by atoms with van der Waals surface area (Å²) in [5.74, 6) is 0.736. The molecule has 2 aliphatic rings. The molecule has 2 atom stereocenters. The molecule has 0 aromatic carbocycles. The molecule has 2 unspecified atom stereocenters. The van der Waals surface area contributed by atoms with Gasteiger partial charge in [0.15, 0.2) is 5.65 Å². The van der Waals surface area contributed by atoms with Gasteiger partial charge >= 0.3 is 6.09 Å². The fraction of sp³-hybridized carbons (Fsp3) is 0.429. The molecule has 0 radical (unpaired) electrons. The summed E-state index contributed by atoms with van der Waals surface area (Å²) in [6, 6.07) is 7.79. The van der Waals surface area contributed by atoms with Gasteiger partial charge in [0.1, 0.15) is 11.9 Å². The lowest BCUT2D eigenvalue weighted by atomic mass is 10.2. The number of amides is 1. The van der Waals surface area contributed by atoms with Gasteiger partial charge in [-0.25, -0.2) is 14.3 Å². The fourth-order valence-corrected chi connectivity index (χ4v) is 4.01. The largest absolute Gasteiger partial charge is 0.444 e. The standard InChI is InChI=1S/C21H24N6O3/c28-21(30-17-7-11-29-14-17)26-10-1-2-16(26)12-23-19-3-4-20-24-13-18(27(20)25-19)15-5-8-22-9-6-15/h3-6,8-9,13,16-17H,1-2,7,10-12,14H2,(H,23,25). The van der Waals surface area contributed by atoms with Gasteiger partial charge in [0.25, 0.3) is 0 Å². The first kappa shape index (κ1) is 18.8. The second kappa shape index (κ2) is 8.27. The zero-order chi connectivity index (χ0) is 20.3. The Labute approximate surface area is 174 Å². The van der Waals surface area contributed by atoms with Crippen LogP contribution in [0.3, 0.4) is 0 Å². The highest BCUT2D eigenvalue weighted by Crippen LogP contribution is 2.22. The summed E-state index contributed by atoms with van der Waals surface area (Å²) in [5, 5.41) is 8.08. The van der Waals surface area contributed by atoms with Crippen molar-refractivity contribution >= 4 is 17.6 Å². The summed E-state index contributed by atoms with van der Waals surface area (Å²) < 4.78 is 12.7. The van der Waals surface area contributed by atoms with Gasteiger partial charge in [-0.1, -0.05) is 0 Å². The van der Waals surface area contributed by atoms with E-state index < -0.39 is 0 Å². The van der Waals surface area contributed by atoms with Gasteiger partial charge in [-0.2, -0.15) is 0 Å². The lowest BCUT2D eigenvalue weighted by Gasteiger charge is -2.25. The van der Waals surface area contributed by atoms with Crippen LogP contribution < -0.4 is 5.32 Å². The van der Waals surface area contributed by atoms with Crippen LogP contribution >= 0.6 is 0 Å². The molecule has 0 spiro atoms. The molecule has 3 aromatic heterocycles. The van der Waals surface area contributed by atoms with E-state index in [1.807, 2.05) is 39.9 Å². The van der Waals surface area contributed by atoms with E-state index in [2.05, 4.69) is 15.3 Å². The number of fused-ring (bicyclic) bond motifs is 1. The lowest BCUT2D eigenvalue weighted by Crippen LogP contribution is -2.41. The predicted octanol–water partition coefficient (Wildman–Crippen LogP) is 2.59. The molecule has 1 amide bonds. The van der Waals surface area contributed by atoms with Crippen molar-refractivity contribution in [2.45, 2.75) is 31.4 Å². The SMILES string of the molecule is O=C(OC1CCOC1)N1CCCC1CNc1ccc2ncc(-c3ccncc3)n2n1. The number of nitrogens with one attached hydrogen (secondary N) is 1. The molecular weight excluding hydrogens is 384 g/mol. The third-order valence-corrected chi connectivity index (χ3v) is 5.62. The zero-order valence-electron chi connectivity index (χ0n) is 16.6. The molecule has 5 rings (SSSR count). The van der Waals surface area contributed by atoms with Gasteiger partial charge in [-0.15, -0.1) is 5.10 Å². The molecule has 1 N–H and O–H groups in total. The van der Waals surface area contributed by atoms with Crippen LogP contribution in [-0.2, 0) is 9.47 Å². The Hall–Kier alpha value is -3.20. The Bertz CT molecular complexity index is 1020. The van der Waals surface area contributed by atoms with E-state index in [0.717, 1.165) is 48.5 Å². The van der Waals surface area contributed by atoms with Crippen molar-refractivity contribution in [3.8, 4) is 11.3 Å². The molecule has 9 heteroatoms. The summed E-state index contributed by atoms with van der Waals surface area (Å²) in [7, 11) is 0. The van der Waals surface area contributed by atoms with E-state index in [1.54, 1.807) is 12.4 Å². The number of rotatable bonds is 5. The van der Waals surface area contributed by atoms with E-state index in [-0.39, 0.29) is 18.2 Å². The molecule has 0 bridgehead atoms. The van der Waals surface area contributed by atoms with E-state index in [0.29, 0.717) is 19.8 Å². The Morgan fingerprint density at radius 1 is 1.23 bits per heavy atom. The number of likely N-dealkylation sites (tertiary alicyclic amines) is 1. The number of aromatic nitrogens is 4. The molecule has 0 saturated carbocycles. The highest BCUT2D eigenvalue weighted by Gasteiger charge is 2.32. The third-order valence-electron chi connectivity index (χ3n) is 5.62. The van der Waals surface area contributed by atoms with Gasteiger partial charge in [0, 0.05) is 37.5 Å². The molecule has 3 aromatic rings. The van der Waals surface area contributed by atoms with Crippen LogP contribution in [0.1, 0.15) is 19.3 Å². The first-order valence-corrected chi connectivity index (χ1v) is 10.3. The number of carbonyl (C=O) groups excluding carboxylic acids is 1. The summed E-state index contributed by atoms with van der Waals surface area (Å²) in [5.41, 5.74) is 2.68. The summed E-state index contributed by atoms with van der Waals surface area (Å²) in [6.07, 6.45) is 7.64. The van der Waals surface area contributed by atoms with Crippen molar-refractivity contribution in [1.29, 1.82) is 0 Å². The fourth-order valence-electron chi connectivity index (χ4n) is 4.01. The second-order valence-corrected chi connectivity index (χ2v) is 7.61. The first-order valence-electron chi connectivity index (χ1n) is 10.3. The smallest absolute Gasteiger partial charge is 0.410 e. The maximum absolute atomic E-state index is 12.6. The van der Waals surface area contributed by atoms with Crippen LogP contribution in [0.15, 0.2) is 42.9 Å². The van der Waals surface area contributed by atoms with Crippen molar-refractivity contribution in [2.24, 2.45) is 0 Å². The van der Waals surface area contributed by atoms with Gasteiger partial charge in [-0.3, -0.25) is 4.98 Å². The second-order valence-electron chi connectivity index (χ2n) is 7.61. The van der Waals surface area contributed by atoms with Crippen molar-refractivity contribution in [3.63, 3.8) is 0 Å². The maximum atomic E-state index is 12.6. The number of anilines is 1. The van der Waals surface area contributed by atoms with Crippen LogP contribution in [0.4, 0.5) is 10.6 Å². The molecule has 30 heavy (non-hydrogen) atoms. The maximum Gasteiger partial charge on any atom is 0.410 e. The van der Waals surface area contributed by atoms with Gasteiger partial charge in [0.2, 0.25) is 0 Å². The van der Waals surface area contributed by atoms with Gasteiger partial charge < -0.3 is 19.7 Å². The van der Waals surface area contributed by atoms with Crippen molar-refractivity contribution < 1.29 is 14.3 Å². The normalized spacial score (nSPS) is 21.3. The first-order chi connectivity index (χ1) is 14.8. The molecule has 9 nitrogen and oxygen atoms in total. The summed E-state index contributed by atoms with van der Waals surface area (Å²) in [6.45, 7) is 2.50.